The average molecular weight is 296 g/mol. The molecule has 5 heteroatoms. The first-order valence-electron chi connectivity index (χ1n) is 6.57. The monoisotopic (exact) mass is 295 g/mol. The molecule has 2 rings (SSSR count). The number of methoxy groups -OCH3 is 1. The molecule has 0 unspecified atom stereocenters. The highest BCUT2D eigenvalue weighted by Gasteiger charge is 2.15. The van der Waals surface area contributed by atoms with Crippen molar-refractivity contribution in [1.82, 2.24) is 4.98 Å². The normalized spacial score (nSPS) is 10.8. The first-order chi connectivity index (χ1) is 9.56. The van der Waals surface area contributed by atoms with E-state index in [1.165, 1.54) is 0 Å². The fourth-order valence-corrected chi connectivity index (χ4v) is 2.42. The van der Waals surface area contributed by atoms with E-state index in [-0.39, 0.29) is 12.4 Å². The van der Waals surface area contributed by atoms with Crippen LogP contribution in [0.25, 0.3) is 10.9 Å². The van der Waals surface area contributed by atoms with Gasteiger partial charge in [-0.05, 0) is 31.0 Å². The van der Waals surface area contributed by atoms with Gasteiger partial charge >= 0.3 is 5.97 Å². The molecule has 0 spiro atoms. The summed E-state index contributed by atoms with van der Waals surface area (Å²) in [6.07, 6.45) is 1.07. The van der Waals surface area contributed by atoms with Gasteiger partial charge in [0, 0.05) is 16.6 Å². The maximum Gasteiger partial charge on any atom is 0.310 e. The highest BCUT2D eigenvalue weighted by molar-refractivity contribution is 6.32. The van der Waals surface area contributed by atoms with Crippen LogP contribution in [0, 0.1) is 6.92 Å². The van der Waals surface area contributed by atoms with Crippen LogP contribution in [0.2, 0.25) is 5.02 Å². The van der Waals surface area contributed by atoms with E-state index in [0.29, 0.717) is 17.4 Å². The van der Waals surface area contributed by atoms with Crippen molar-refractivity contribution in [2.45, 2.75) is 26.7 Å². The first kappa shape index (κ1) is 14.7. The summed E-state index contributed by atoms with van der Waals surface area (Å²) in [5, 5.41) is 1.48. The minimum absolute atomic E-state index is 0.218. The van der Waals surface area contributed by atoms with E-state index in [0.717, 1.165) is 28.6 Å². The molecule has 0 saturated heterocycles. The van der Waals surface area contributed by atoms with E-state index < -0.39 is 0 Å². The zero-order chi connectivity index (χ0) is 14.7. The Morgan fingerprint density at radius 1 is 1.40 bits per heavy atom. The van der Waals surface area contributed by atoms with Crippen molar-refractivity contribution in [2.75, 3.05) is 13.7 Å². The molecule has 0 atom stereocenters. The van der Waals surface area contributed by atoms with Crippen molar-refractivity contribution >= 4 is 28.5 Å². The van der Waals surface area contributed by atoms with Crippen LogP contribution in [-0.2, 0) is 16.0 Å². The summed E-state index contributed by atoms with van der Waals surface area (Å²) >= 11 is 6.10. The largest absolute Gasteiger partial charge is 0.495 e. The van der Waals surface area contributed by atoms with E-state index in [4.69, 9.17) is 21.1 Å². The summed E-state index contributed by atoms with van der Waals surface area (Å²) in [6, 6.07) is 3.66. The third-order valence-corrected chi connectivity index (χ3v) is 3.48. The number of halogens is 1. The van der Waals surface area contributed by atoms with Crippen LogP contribution in [-0.4, -0.2) is 24.7 Å². The number of nitrogens with one attached hydrogen (secondary N) is 1. The number of fused-ring (bicyclic) bond motifs is 1. The molecule has 0 amide bonds. The lowest BCUT2D eigenvalue weighted by molar-refractivity contribution is -0.142. The van der Waals surface area contributed by atoms with Gasteiger partial charge < -0.3 is 14.5 Å². The molecular weight excluding hydrogens is 278 g/mol. The molecule has 1 aromatic carbocycles. The van der Waals surface area contributed by atoms with Gasteiger partial charge in [-0.2, -0.15) is 0 Å². The molecule has 0 aliphatic heterocycles. The predicted octanol–water partition coefficient (Wildman–Crippen LogP) is 3.63. The van der Waals surface area contributed by atoms with E-state index >= 15 is 0 Å². The average Bonchev–Trinajstić information content (AvgIpc) is 2.71. The molecule has 0 aliphatic rings. The number of rotatable bonds is 5. The minimum atomic E-state index is -0.218. The van der Waals surface area contributed by atoms with E-state index in [9.17, 15) is 4.79 Å². The smallest absolute Gasteiger partial charge is 0.310 e. The molecule has 4 nitrogen and oxygen atoms in total. The van der Waals surface area contributed by atoms with Crippen LogP contribution in [0.5, 0.6) is 5.75 Å². The zero-order valence-electron chi connectivity index (χ0n) is 11.9. The summed E-state index contributed by atoms with van der Waals surface area (Å²) in [5.74, 6) is 0.381. The molecule has 2 aromatic rings. The third kappa shape index (κ3) is 2.90. The highest BCUT2D eigenvalue weighted by Crippen LogP contribution is 2.33. The number of carbonyl (C=O) groups is 1. The van der Waals surface area contributed by atoms with Gasteiger partial charge in [0.05, 0.1) is 25.2 Å². The molecular formula is C15H18ClNO3. The maximum absolute atomic E-state index is 11.8. The molecule has 0 fully saturated rings. The van der Waals surface area contributed by atoms with Gasteiger partial charge in [-0.1, -0.05) is 18.5 Å². The first-order valence-corrected chi connectivity index (χ1v) is 6.95. The second-order valence-electron chi connectivity index (χ2n) is 4.66. The number of aromatic amines is 1. The van der Waals surface area contributed by atoms with Gasteiger partial charge in [-0.3, -0.25) is 4.79 Å². The van der Waals surface area contributed by atoms with Gasteiger partial charge in [0.25, 0.3) is 0 Å². The quantitative estimate of drug-likeness (QED) is 0.857. The van der Waals surface area contributed by atoms with Crippen molar-refractivity contribution in [1.29, 1.82) is 0 Å². The SMILES string of the molecule is CCCOC(=O)Cc1c(C)[nH]c2cc(Cl)c(OC)cc12. The van der Waals surface area contributed by atoms with Gasteiger partial charge in [-0.15, -0.1) is 0 Å². The molecule has 0 aliphatic carbocycles. The predicted molar refractivity (Wildman–Crippen MR) is 79.6 cm³/mol. The number of hydrogen-bond acceptors (Lipinski definition) is 3. The lowest BCUT2D eigenvalue weighted by atomic mass is 10.1. The Morgan fingerprint density at radius 3 is 2.80 bits per heavy atom. The standard InChI is InChI=1S/C15H18ClNO3/c1-4-5-20-15(18)7-10-9(2)17-13-8-12(16)14(19-3)6-11(10)13/h6,8,17H,4-5,7H2,1-3H3. The van der Waals surface area contributed by atoms with Crippen LogP contribution in [0.1, 0.15) is 24.6 Å². The topological polar surface area (TPSA) is 51.3 Å². The minimum Gasteiger partial charge on any atom is -0.495 e. The summed E-state index contributed by atoms with van der Waals surface area (Å²) in [4.78, 5) is 15.0. The summed E-state index contributed by atoms with van der Waals surface area (Å²) in [5.41, 5.74) is 2.76. The molecule has 0 saturated carbocycles. The summed E-state index contributed by atoms with van der Waals surface area (Å²) in [6.45, 7) is 4.36. The summed E-state index contributed by atoms with van der Waals surface area (Å²) < 4.78 is 10.4. The fraction of sp³-hybridized carbons (Fsp3) is 0.400. The number of hydrogen-bond donors (Lipinski definition) is 1. The fourth-order valence-electron chi connectivity index (χ4n) is 2.18. The number of aromatic nitrogens is 1. The number of H-pyrrole nitrogens is 1. The molecule has 1 aromatic heterocycles. The molecule has 0 bridgehead atoms. The second-order valence-corrected chi connectivity index (χ2v) is 5.07. The molecule has 108 valence electrons. The Kier molecular flexibility index (Phi) is 4.55. The van der Waals surface area contributed by atoms with Gasteiger partial charge in [0.15, 0.2) is 0 Å². The lowest BCUT2D eigenvalue weighted by Crippen LogP contribution is -2.09. The van der Waals surface area contributed by atoms with Crippen LogP contribution >= 0.6 is 11.6 Å². The molecule has 1 N–H and O–H groups in total. The van der Waals surface area contributed by atoms with E-state index in [1.807, 2.05) is 26.0 Å². The van der Waals surface area contributed by atoms with E-state index in [2.05, 4.69) is 4.98 Å². The Labute approximate surface area is 123 Å². The Balaban J connectivity index is 2.37. The number of aryl methyl sites for hydroxylation is 1. The summed E-state index contributed by atoms with van der Waals surface area (Å²) in [7, 11) is 1.57. The second kappa shape index (κ2) is 6.18. The van der Waals surface area contributed by atoms with Crippen molar-refractivity contribution < 1.29 is 14.3 Å². The number of ether oxygens (including phenoxy) is 2. The number of esters is 1. The van der Waals surface area contributed by atoms with Crippen LogP contribution in [0.3, 0.4) is 0 Å². The molecule has 20 heavy (non-hydrogen) atoms. The lowest BCUT2D eigenvalue weighted by Gasteiger charge is -2.05. The number of carbonyl (C=O) groups excluding carboxylic acids is 1. The Morgan fingerprint density at radius 2 is 2.15 bits per heavy atom. The van der Waals surface area contributed by atoms with Crippen molar-refractivity contribution in [3.8, 4) is 5.75 Å². The van der Waals surface area contributed by atoms with Crippen LogP contribution in [0.15, 0.2) is 12.1 Å². The third-order valence-electron chi connectivity index (χ3n) is 3.18. The van der Waals surface area contributed by atoms with E-state index in [1.54, 1.807) is 7.11 Å². The Hall–Kier alpha value is -1.68. The molecule has 1 heterocycles. The number of benzene rings is 1. The zero-order valence-corrected chi connectivity index (χ0v) is 12.6. The maximum atomic E-state index is 11.8. The van der Waals surface area contributed by atoms with Crippen LogP contribution in [0.4, 0.5) is 0 Å². The van der Waals surface area contributed by atoms with Crippen molar-refractivity contribution in [3.63, 3.8) is 0 Å². The van der Waals surface area contributed by atoms with Gasteiger partial charge in [0.1, 0.15) is 5.75 Å². The van der Waals surface area contributed by atoms with Gasteiger partial charge in [-0.25, -0.2) is 0 Å². The van der Waals surface area contributed by atoms with Crippen LogP contribution < -0.4 is 4.74 Å². The highest BCUT2D eigenvalue weighted by atomic mass is 35.5. The van der Waals surface area contributed by atoms with Crippen molar-refractivity contribution in [2.24, 2.45) is 0 Å². The Bertz CT molecular complexity index is 634. The molecule has 0 radical (unpaired) electrons. The van der Waals surface area contributed by atoms with Gasteiger partial charge in [0.2, 0.25) is 0 Å². The van der Waals surface area contributed by atoms with Crippen molar-refractivity contribution in [3.05, 3.63) is 28.4 Å².